The van der Waals surface area contributed by atoms with Crippen molar-refractivity contribution in [2.24, 2.45) is 5.92 Å². The number of amides is 1. The maximum atomic E-state index is 13.4. The highest BCUT2D eigenvalue weighted by atomic mass is 35.5. The number of alkyl halides is 1. The van der Waals surface area contributed by atoms with Gasteiger partial charge < -0.3 is 35.4 Å². The Labute approximate surface area is 219 Å². The topological polar surface area (TPSA) is 144 Å². The molecule has 0 radical (unpaired) electrons. The van der Waals surface area contributed by atoms with Gasteiger partial charge in [-0.2, -0.15) is 5.26 Å². The molecule has 0 saturated carbocycles. The van der Waals surface area contributed by atoms with E-state index in [1.807, 2.05) is 12.1 Å². The molecule has 0 aromatic heterocycles. The number of ether oxygens (including phenoxy) is 2. The van der Waals surface area contributed by atoms with Crippen LogP contribution in [-0.2, 0) is 14.3 Å². The van der Waals surface area contributed by atoms with Crippen molar-refractivity contribution >= 4 is 34.8 Å². The SMILES string of the molecule is CSC1O[C@H]([C@H](NC(=O)[C@H]2NC[C@@H]3C=C(c4ccc(C#N)cc4)CCO[C@@H]23)[C@H](C)Cl)[C@@H](O)C(O)[C@H]1O. The minimum Gasteiger partial charge on any atom is -0.388 e. The molecule has 11 heteroatoms. The number of halogens is 1. The van der Waals surface area contributed by atoms with Gasteiger partial charge in [-0.15, -0.1) is 23.4 Å². The number of hydrogen-bond acceptors (Lipinski definition) is 9. The van der Waals surface area contributed by atoms with Gasteiger partial charge in [0.05, 0.1) is 35.8 Å². The summed E-state index contributed by atoms with van der Waals surface area (Å²) in [7, 11) is 0. The first-order valence-corrected chi connectivity index (χ1v) is 13.7. The Kier molecular flexibility index (Phi) is 8.96. The molecule has 36 heavy (non-hydrogen) atoms. The standard InChI is InChI=1S/C25H32ClN3O6S/c1-12(26)17(23-20(31)19(30)21(32)25(35-23)36-2)29-24(33)18-22-16(11-28-18)9-15(7-8-34-22)14-5-3-13(10-27)4-6-14/h3-6,9,12,16-23,25,28,30-32H,7-8,11H2,1-2H3,(H,29,33)/t12-,16-,17+,18-,19?,20-,21+,22+,23+,25?/m0/s1. The van der Waals surface area contributed by atoms with Gasteiger partial charge in [0.15, 0.2) is 0 Å². The Morgan fingerprint density at radius 2 is 1.97 bits per heavy atom. The molecule has 2 fully saturated rings. The summed E-state index contributed by atoms with van der Waals surface area (Å²) in [5.41, 5.74) is 1.96. The molecule has 3 heterocycles. The van der Waals surface area contributed by atoms with Crippen LogP contribution in [0.2, 0.25) is 0 Å². The van der Waals surface area contributed by atoms with Crippen molar-refractivity contribution in [1.29, 1.82) is 5.26 Å². The predicted octanol–water partition coefficient (Wildman–Crippen LogP) is 0.601. The number of benzene rings is 1. The highest BCUT2D eigenvalue weighted by molar-refractivity contribution is 7.99. The maximum absolute atomic E-state index is 13.4. The van der Waals surface area contributed by atoms with E-state index in [1.165, 1.54) is 11.8 Å². The summed E-state index contributed by atoms with van der Waals surface area (Å²) in [4.78, 5) is 13.4. The molecule has 0 aliphatic carbocycles. The van der Waals surface area contributed by atoms with Crippen LogP contribution in [0.15, 0.2) is 30.3 Å². The van der Waals surface area contributed by atoms with Gasteiger partial charge in [-0.05, 0) is 42.9 Å². The van der Waals surface area contributed by atoms with E-state index in [9.17, 15) is 20.1 Å². The van der Waals surface area contributed by atoms with Crippen molar-refractivity contribution in [3.8, 4) is 6.07 Å². The molecule has 3 aliphatic rings. The predicted molar refractivity (Wildman–Crippen MR) is 136 cm³/mol. The van der Waals surface area contributed by atoms with Gasteiger partial charge in [-0.3, -0.25) is 4.79 Å². The Balaban J connectivity index is 1.47. The molecule has 1 aromatic rings. The average Bonchev–Trinajstić information content (AvgIpc) is 3.16. The number of nitrogens with one attached hydrogen (secondary N) is 2. The number of fused-ring (bicyclic) bond motifs is 1. The fraction of sp³-hybridized carbons (Fsp3) is 0.600. The monoisotopic (exact) mass is 537 g/mol. The van der Waals surface area contributed by atoms with E-state index < -0.39 is 53.4 Å². The summed E-state index contributed by atoms with van der Waals surface area (Å²) in [6, 6.07) is 8.09. The molecule has 5 N–H and O–H groups in total. The van der Waals surface area contributed by atoms with Crippen molar-refractivity contribution in [2.75, 3.05) is 19.4 Å². The quantitative estimate of drug-likeness (QED) is 0.329. The van der Waals surface area contributed by atoms with Crippen molar-refractivity contribution in [1.82, 2.24) is 10.6 Å². The van der Waals surface area contributed by atoms with Crippen LogP contribution in [0, 0.1) is 17.2 Å². The third-order valence-electron chi connectivity index (χ3n) is 7.08. The van der Waals surface area contributed by atoms with E-state index in [0.29, 0.717) is 25.1 Å². The number of hydrogen-bond donors (Lipinski definition) is 5. The molecule has 1 amide bonds. The first-order valence-electron chi connectivity index (χ1n) is 12.0. The lowest BCUT2D eigenvalue weighted by Gasteiger charge is -2.44. The van der Waals surface area contributed by atoms with Crippen molar-refractivity contribution in [3.63, 3.8) is 0 Å². The highest BCUT2D eigenvalue weighted by Crippen LogP contribution is 2.32. The second-order valence-corrected chi connectivity index (χ2v) is 11.0. The summed E-state index contributed by atoms with van der Waals surface area (Å²) < 4.78 is 12.0. The zero-order chi connectivity index (χ0) is 26.0. The third kappa shape index (κ3) is 5.59. The van der Waals surface area contributed by atoms with Crippen LogP contribution < -0.4 is 10.6 Å². The molecular weight excluding hydrogens is 506 g/mol. The summed E-state index contributed by atoms with van der Waals surface area (Å²) in [6.07, 6.45) is -0.973. The molecule has 3 aliphatic heterocycles. The zero-order valence-corrected chi connectivity index (χ0v) is 21.7. The number of carbonyl (C=O) groups is 1. The molecule has 1 aromatic carbocycles. The Morgan fingerprint density at radius 1 is 1.25 bits per heavy atom. The molecule has 196 valence electrons. The first kappa shape index (κ1) is 27.4. The second-order valence-electron chi connectivity index (χ2n) is 9.40. The van der Waals surface area contributed by atoms with Gasteiger partial charge in [-0.25, -0.2) is 0 Å². The first-order chi connectivity index (χ1) is 17.2. The highest BCUT2D eigenvalue weighted by Gasteiger charge is 2.49. The molecule has 0 spiro atoms. The minimum absolute atomic E-state index is 0.0323. The minimum atomic E-state index is -1.43. The summed E-state index contributed by atoms with van der Waals surface area (Å²) in [5, 5.41) is 45.6. The lowest BCUT2D eigenvalue weighted by atomic mass is 9.92. The van der Waals surface area contributed by atoms with Crippen molar-refractivity contribution in [2.45, 2.75) is 66.8 Å². The molecule has 2 unspecified atom stereocenters. The lowest BCUT2D eigenvalue weighted by molar-refractivity contribution is -0.205. The van der Waals surface area contributed by atoms with E-state index >= 15 is 0 Å². The van der Waals surface area contributed by atoms with Crippen LogP contribution in [0.4, 0.5) is 0 Å². The summed E-state index contributed by atoms with van der Waals surface area (Å²) in [5.74, 6) is -0.373. The van der Waals surface area contributed by atoms with Crippen LogP contribution in [0.1, 0.15) is 24.5 Å². The Bertz CT molecular complexity index is 1000. The zero-order valence-electron chi connectivity index (χ0n) is 20.1. The fourth-order valence-electron chi connectivity index (χ4n) is 5.08. The number of aliphatic hydroxyl groups is 3. The van der Waals surface area contributed by atoms with Crippen LogP contribution >= 0.6 is 23.4 Å². The number of aliphatic hydroxyl groups excluding tert-OH is 3. The van der Waals surface area contributed by atoms with E-state index in [-0.39, 0.29) is 11.8 Å². The molecule has 10 atom stereocenters. The molecular formula is C25H32ClN3O6S. The van der Waals surface area contributed by atoms with E-state index in [1.54, 1.807) is 25.3 Å². The Hall–Kier alpha value is -1.68. The second kappa shape index (κ2) is 11.8. The van der Waals surface area contributed by atoms with Crippen molar-refractivity contribution < 1.29 is 29.6 Å². The van der Waals surface area contributed by atoms with Gasteiger partial charge in [0.1, 0.15) is 35.9 Å². The van der Waals surface area contributed by atoms with Gasteiger partial charge in [0.2, 0.25) is 5.91 Å². The molecule has 2 saturated heterocycles. The number of nitrogens with zero attached hydrogens (tertiary/aromatic N) is 1. The largest absolute Gasteiger partial charge is 0.388 e. The van der Waals surface area contributed by atoms with Crippen molar-refractivity contribution in [3.05, 3.63) is 41.5 Å². The number of nitriles is 1. The number of rotatable bonds is 6. The van der Waals surface area contributed by atoms with Gasteiger partial charge >= 0.3 is 0 Å². The normalized spacial score (nSPS) is 36.1. The van der Waals surface area contributed by atoms with E-state index in [2.05, 4.69) is 22.8 Å². The van der Waals surface area contributed by atoms with Crippen LogP contribution in [0.3, 0.4) is 0 Å². The van der Waals surface area contributed by atoms with Crippen LogP contribution in [0.5, 0.6) is 0 Å². The smallest absolute Gasteiger partial charge is 0.240 e. The van der Waals surface area contributed by atoms with E-state index in [0.717, 1.165) is 11.1 Å². The number of thioether (sulfide) groups is 1. The van der Waals surface area contributed by atoms with E-state index in [4.69, 9.17) is 26.3 Å². The summed E-state index contributed by atoms with van der Waals surface area (Å²) in [6.45, 7) is 2.66. The third-order valence-corrected chi connectivity index (χ3v) is 8.21. The molecule has 4 rings (SSSR count). The van der Waals surface area contributed by atoms with Crippen LogP contribution in [0.25, 0.3) is 5.57 Å². The molecule has 9 nitrogen and oxygen atoms in total. The summed E-state index contributed by atoms with van der Waals surface area (Å²) >= 11 is 7.60. The van der Waals surface area contributed by atoms with Gasteiger partial charge in [0, 0.05) is 12.5 Å². The molecule has 0 bridgehead atoms. The van der Waals surface area contributed by atoms with Gasteiger partial charge in [-0.1, -0.05) is 18.2 Å². The fourth-order valence-corrected chi connectivity index (χ4v) is 5.97. The van der Waals surface area contributed by atoms with Crippen LogP contribution in [-0.4, -0.2) is 94.1 Å². The Morgan fingerprint density at radius 3 is 2.61 bits per heavy atom. The maximum Gasteiger partial charge on any atom is 0.240 e. The lowest BCUT2D eigenvalue weighted by Crippen LogP contribution is -2.65. The number of carbonyl (C=O) groups excluding carboxylic acids is 1. The average molecular weight is 538 g/mol. The van der Waals surface area contributed by atoms with Gasteiger partial charge in [0.25, 0.3) is 0 Å².